The highest BCUT2D eigenvalue weighted by Gasteiger charge is 2.28. The Morgan fingerprint density at radius 1 is 0.868 bits per heavy atom. The van der Waals surface area contributed by atoms with Gasteiger partial charge in [-0.05, 0) is 67.6 Å². The van der Waals surface area contributed by atoms with Gasteiger partial charge < -0.3 is 4.74 Å². The Balaban J connectivity index is 1.33. The second-order valence-corrected chi connectivity index (χ2v) is 10.4. The average molecular weight is 538 g/mol. The summed E-state index contributed by atoms with van der Waals surface area (Å²) in [5.74, 6) is 1.64. The fourth-order valence-electron chi connectivity index (χ4n) is 4.31. The lowest BCUT2D eigenvalue weighted by Crippen LogP contribution is -2.30. The fraction of sp³-hybridized carbons (Fsp3) is 0.103. The van der Waals surface area contributed by atoms with Crippen molar-refractivity contribution in [3.8, 4) is 22.8 Å². The smallest absolute Gasteiger partial charge is 0.242 e. The van der Waals surface area contributed by atoms with Gasteiger partial charge in [0.05, 0.1) is 23.7 Å². The Morgan fingerprint density at radius 2 is 1.53 bits per heavy atom. The zero-order chi connectivity index (χ0) is 25.9. The molecule has 6 rings (SSSR count). The number of amides is 1. The van der Waals surface area contributed by atoms with Crippen LogP contribution in [0.4, 0.5) is 11.4 Å². The number of benzene rings is 3. The molecule has 38 heavy (non-hydrogen) atoms. The summed E-state index contributed by atoms with van der Waals surface area (Å²) in [6.07, 6.45) is 3.46. The maximum absolute atomic E-state index is 13.8. The molecule has 0 fully saturated rings. The molecule has 3 heterocycles. The molecule has 0 atom stereocenters. The van der Waals surface area contributed by atoms with E-state index in [0.717, 1.165) is 38.2 Å². The first-order valence-corrected chi connectivity index (χ1v) is 13.9. The highest BCUT2D eigenvalue weighted by Crippen LogP contribution is 2.48. The molecule has 0 spiro atoms. The number of thioether (sulfide) groups is 1. The lowest BCUT2D eigenvalue weighted by molar-refractivity contribution is -0.115. The third-order valence-electron chi connectivity index (χ3n) is 5.98. The Bertz CT molecular complexity index is 1540. The monoisotopic (exact) mass is 537 g/mol. The van der Waals surface area contributed by atoms with E-state index >= 15 is 0 Å². The number of carbonyl (C=O) groups excluding carboxylic acids is 1. The van der Waals surface area contributed by atoms with Gasteiger partial charge in [0, 0.05) is 33.4 Å². The summed E-state index contributed by atoms with van der Waals surface area (Å²) in [5, 5.41) is 9.60. The van der Waals surface area contributed by atoms with E-state index < -0.39 is 0 Å². The second-order valence-electron chi connectivity index (χ2n) is 8.36. The van der Waals surface area contributed by atoms with Crippen molar-refractivity contribution in [2.75, 3.05) is 17.3 Å². The van der Waals surface area contributed by atoms with E-state index in [-0.39, 0.29) is 11.7 Å². The number of carbonyl (C=O) groups is 1. The summed E-state index contributed by atoms with van der Waals surface area (Å²) in [5.41, 5.74) is 3.56. The molecule has 188 valence electrons. The van der Waals surface area contributed by atoms with Crippen LogP contribution in [0.3, 0.4) is 0 Å². The molecule has 7 nitrogen and oxygen atoms in total. The number of aromatic nitrogens is 4. The molecule has 0 bridgehead atoms. The molecule has 5 aromatic rings. The van der Waals surface area contributed by atoms with Crippen LogP contribution in [0.5, 0.6) is 5.75 Å². The van der Waals surface area contributed by atoms with Crippen molar-refractivity contribution in [3.63, 3.8) is 0 Å². The number of hydrogen-bond donors (Lipinski definition) is 0. The number of para-hydroxylation sites is 2. The zero-order valence-electron chi connectivity index (χ0n) is 20.5. The summed E-state index contributed by atoms with van der Waals surface area (Å²) < 4.78 is 7.59. The quantitative estimate of drug-likeness (QED) is 0.215. The molecule has 0 saturated heterocycles. The number of anilines is 2. The highest BCUT2D eigenvalue weighted by molar-refractivity contribution is 8.00. The Morgan fingerprint density at radius 3 is 2.18 bits per heavy atom. The predicted octanol–water partition coefficient (Wildman–Crippen LogP) is 6.65. The van der Waals surface area contributed by atoms with Crippen LogP contribution < -0.4 is 9.64 Å². The van der Waals surface area contributed by atoms with Gasteiger partial charge in [-0.25, -0.2) is 0 Å². The number of hydrogen-bond acceptors (Lipinski definition) is 7. The van der Waals surface area contributed by atoms with Crippen LogP contribution in [0.25, 0.3) is 17.1 Å². The van der Waals surface area contributed by atoms with E-state index in [2.05, 4.69) is 15.2 Å². The van der Waals surface area contributed by atoms with Gasteiger partial charge in [-0.15, -0.1) is 10.2 Å². The number of nitrogens with zero attached hydrogens (tertiary/aromatic N) is 5. The van der Waals surface area contributed by atoms with Crippen LogP contribution in [-0.4, -0.2) is 38.0 Å². The first kappa shape index (κ1) is 24.3. The SMILES string of the molecule is CCOc1ccc(-n2c(SCC(=O)N3c4ccccc4Sc4ccccc43)nnc2-c2ccncc2)cc1. The van der Waals surface area contributed by atoms with Crippen LogP contribution in [-0.2, 0) is 4.79 Å². The maximum Gasteiger partial charge on any atom is 0.242 e. The summed E-state index contributed by atoms with van der Waals surface area (Å²) in [4.78, 5) is 21.8. The third kappa shape index (κ3) is 4.66. The molecule has 3 aromatic carbocycles. The number of rotatable bonds is 7. The standard InChI is InChI=1S/C29H23N5O2S2/c1-2-36-22-13-11-21(12-14-22)33-28(20-15-17-30-18-16-20)31-32-29(33)37-19-27(35)34-23-7-3-5-9-25(23)38-26-10-6-4-8-24(26)34/h3-18H,2,19H2,1H3. The summed E-state index contributed by atoms with van der Waals surface area (Å²) >= 11 is 3.05. The van der Waals surface area contributed by atoms with Gasteiger partial charge in [-0.2, -0.15) is 0 Å². The summed E-state index contributed by atoms with van der Waals surface area (Å²) in [7, 11) is 0. The minimum Gasteiger partial charge on any atom is -0.494 e. The maximum atomic E-state index is 13.8. The molecule has 1 aliphatic heterocycles. The Hall–Kier alpha value is -4.08. The van der Waals surface area contributed by atoms with Crippen molar-refractivity contribution in [2.24, 2.45) is 0 Å². The van der Waals surface area contributed by atoms with Crippen LogP contribution in [0.2, 0.25) is 0 Å². The third-order valence-corrected chi connectivity index (χ3v) is 8.03. The minimum absolute atomic E-state index is 0.0260. The Labute approximate surface area is 228 Å². The molecule has 0 N–H and O–H groups in total. The lowest BCUT2D eigenvalue weighted by atomic mass is 10.2. The fourth-order valence-corrected chi connectivity index (χ4v) is 6.17. The van der Waals surface area contributed by atoms with Crippen molar-refractivity contribution in [3.05, 3.63) is 97.3 Å². The van der Waals surface area contributed by atoms with Gasteiger partial charge in [-0.1, -0.05) is 47.8 Å². The van der Waals surface area contributed by atoms with Crippen LogP contribution in [0.15, 0.2) is 112 Å². The highest BCUT2D eigenvalue weighted by atomic mass is 32.2. The van der Waals surface area contributed by atoms with Crippen molar-refractivity contribution >= 4 is 40.8 Å². The van der Waals surface area contributed by atoms with Gasteiger partial charge >= 0.3 is 0 Å². The molecule has 1 aliphatic rings. The van der Waals surface area contributed by atoms with Crippen molar-refractivity contribution < 1.29 is 9.53 Å². The van der Waals surface area contributed by atoms with Crippen molar-refractivity contribution in [1.29, 1.82) is 0 Å². The topological polar surface area (TPSA) is 73.1 Å². The molecule has 0 unspecified atom stereocenters. The normalized spacial score (nSPS) is 12.1. The Kier molecular flexibility index (Phi) is 6.85. The van der Waals surface area contributed by atoms with Crippen molar-refractivity contribution in [2.45, 2.75) is 21.9 Å². The van der Waals surface area contributed by atoms with Crippen LogP contribution in [0.1, 0.15) is 6.92 Å². The number of pyridine rings is 1. The summed E-state index contributed by atoms with van der Waals surface area (Å²) in [6.45, 7) is 2.55. The van der Waals surface area contributed by atoms with Gasteiger partial charge in [0.1, 0.15) is 5.75 Å². The van der Waals surface area contributed by atoms with E-state index in [1.54, 1.807) is 24.2 Å². The largest absolute Gasteiger partial charge is 0.494 e. The molecule has 0 saturated carbocycles. The van der Waals surface area contributed by atoms with E-state index in [9.17, 15) is 4.79 Å². The van der Waals surface area contributed by atoms with E-state index in [1.807, 2.05) is 101 Å². The summed E-state index contributed by atoms with van der Waals surface area (Å²) in [6, 6.07) is 27.6. The molecule has 0 aliphatic carbocycles. The molecule has 0 radical (unpaired) electrons. The molecular formula is C29H23N5O2S2. The van der Waals surface area contributed by atoms with Crippen LogP contribution >= 0.6 is 23.5 Å². The second kappa shape index (κ2) is 10.7. The molecule has 2 aromatic heterocycles. The van der Waals surface area contributed by atoms with Crippen LogP contribution in [0, 0.1) is 0 Å². The molecule has 9 heteroatoms. The first-order valence-electron chi connectivity index (χ1n) is 12.1. The first-order chi connectivity index (χ1) is 18.7. The lowest BCUT2D eigenvalue weighted by Gasteiger charge is -2.30. The van der Waals surface area contributed by atoms with E-state index in [4.69, 9.17) is 4.74 Å². The van der Waals surface area contributed by atoms with Gasteiger partial charge in [0.25, 0.3) is 0 Å². The van der Waals surface area contributed by atoms with E-state index in [0.29, 0.717) is 17.6 Å². The number of ether oxygens (including phenoxy) is 1. The van der Waals surface area contributed by atoms with E-state index in [1.165, 1.54) is 11.8 Å². The average Bonchev–Trinajstić information content (AvgIpc) is 3.39. The number of fused-ring (bicyclic) bond motifs is 2. The van der Waals surface area contributed by atoms with Gasteiger partial charge in [0.2, 0.25) is 5.91 Å². The van der Waals surface area contributed by atoms with Gasteiger partial charge in [-0.3, -0.25) is 19.2 Å². The minimum atomic E-state index is -0.0260. The zero-order valence-corrected chi connectivity index (χ0v) is 22.2. The van der Waals surface area contributed by atoms with Gasteiger partial charge in [0.15, 0.2) is 11.0 Å². The van der Waals surface area contributed by atoms with Crippen molar-refractivity contribution in [1.82, 2.24) is 19.7 Å². The molecular weight excluding hydrogens is 514 g/mol. The predicted molar refractivity (Wildman–Crippen MR) is 151 cm³/mol. The molecule has 1 amide bonds.